The Hall–Kier alpha value is -1.15. The van der Waals surface area contributed by atoms with Gasteiger partial charge in [0, 0.05) is 20.7 Å². The second-order valence-electron chi connectivity index (χ2n) is 4.43. The lowest BCUT2D eigenvalue weighted by molar-refractivity contribution is -0.137. The largest absolute Gasteiger partial charge is 0.416 e. The van der Waals surface area contributed by atoms with Crippen molar-refractivity contribution >= 4 is 21.8 Å². The van der Waals surface area contributed by atoms with E-state index < -0.39 is 29.0 Å². The van der Waals surface area contributed by atoms with Gasteiger partial charge in [-0.1, -0.05) is 15.9 Å². The molecule has 0 N–H and O–H groups in total. The van der Waals surface area contributed by atoms with Gasteiger partial charge in [-0.05, 0) is 18.2 Å². The number of hydrogen-bond acceptors (Lipinski definition) is 2. The number of methoxy groups -OCH3 is 1. The molecular formula is C13H14BrF4NO2. The summed E-state index contributed by atoms with van der Waals surface area (Å²) < 4.78 is 56.3. The molecule has 3 nitrogen and oxygen atoms in total. The Bertz CT molecular complexity index is 507. The molecule has 0 aliphatic heterocycles. The molecule has 0 saturated carbocycles. The van der Waals surface area contributed by atoms with Gasteiger partial charge in [0.25, 0.3) is 5.91 Å². The Kier molecular flexibility index (Phi) is 6.15. The zero-order valence-electron chi connectivity index (χ0n) is 11.4. The van der Waals surface area contributed by atoms with Crippen molar-refractivity contribution in [3.8, 4) is 0 Å². The van der Waals surface area contributed by atoms with Crippen molar-refractivity contribution in [2.45, 2.75) is 11.0 Å². The number of rotatable bonds is 5. The van der Waals surface area contributed by atoms with Crippen LogP contribution in [0.15, 0.2) is 18.2 Å². The van der Waals surface area contributed by atoms with E-state index in [0.717, 1.165) is 4.90 Å². The highest BCUT2D eigenvalue weighted by molar-refractivity contribution is 9.09. The molecule has 0 aliphatic rings. The van der Waals surface area contributed by atoms with Gasteiger partial charge in [-0.2, -0.15) is 13.2 Å². The van der Waals surface area contributed by atoms with Crippen LogP contribution in [0.1, 0.15) is 15.9 Å². The first-order valence-electron chi connectivity index (χ1n) is 5.92. The van der Waals surface area contributed by atoms with E-state index in [-0.39, 0.29) is 11.4 Å². The first kappa shape index (κ1) is 17.9. The third-order valence-electron chi connectivity index (χ3n) is 2.69. The molecule has 0 radical (unpaired) electrons. The molecule has 21 heavy (non-hydrogen) atoms. The van der Waals surface area contributed by atoms with Gasteiger partial charge in [0.1, 0.15) is 5.82 Å². The van der Waals surface area contributed by atoms with E-state index in [0.29, 0.717) is 24.8 Å². The van der Waals surface area contributed by atoms with E-state index in [1.54, 1.807) is 0 Å². The highest BCUT2D eigenvalue weighted by Crippen LogP contribution is 2.30. The number of carbonyl (C=O) groups is 1. The van der Waals surface area contributed by atoms with E-state index in [1.165, 1.54) is 14.2 Å². The zero-order chi connectivity index (χ0) is 16.2. The number of carbonyl (C=O) groups excluding carboxylic acids is 1. The third kappa shape index (κ3) is 4.96. The van der Waals surface area contributed by atoms with Crippen LogP contribution in [0.5, 0.6) is 0 Å². The molecule has 118 valence electrons. The Morgan fingerprint density at radius 1 is 1.43 bits per heavy atom. The Balaban J connectivity index is 2.96. The van der Waals surface area contributed by atoms with Crippen molar-refractivity contribution < 1.29 is 27.1 Å². The molecule has 1 aromatic carbocycles. The minimum atomic E-state index is -4.63. The normalized spacial score (nSPS) is 13.1. The lowest BCUT2D eigenvalue weighted by Crippen LogP contribution is -2.34. The highest BCUT2D eigenvalue weighted by Gasteiger charge is 2.32. The first-order valence-corrected chi connectivity index (χ1v) is 6.83. The predicted molar refractivity (Wildman–Crippen MR) is 73.0 cm³/mol. The maximum Gasteiger partial charge on any atom is 0.416 e. The maximum atomic E-state index is 13.6. The average Bonchev–Trinajstić information content (AvgIpc) is 2.37. The van der Waals surface area contributed by atoms with Crippen molar-refractivity contribution in [3.05, 3.63) is 35.1 Å². The summed E-state index contributed by atoms with van der Waals surface area (Å²) in [5.41, 5.74) is -1.67. The Morgan fingerprint density at radius 2 is 2.05 bits per heavy atom. The number of alkyl halides is 4. The monoisotopic (exact) mass is 371 g/mol. The van der Waals surface area contributed by atoms with Crippen LogP contribution in [-0.2, 0) is 10.9 Å². The van der Waals surface area contributed by atoms with Crippen molar-refractivity contribution in [1.29, 1.82) is 0 Å². The summed E-state index contributed by atoms with van der Waals surface area (Å²) in [5, 5.41) is 0. The fourth-order valence-corrected chi connectivity index (χ4v) is 2.38. The molecule has 1 rings (SSSR count). The summed E-state index contributed by atoms with van der Waals surface area (Å²) in [6.07, 6.45) is -4.63. The molecule has 8 heteroatoms. The summed E-state index contributed by atoms with van der Waals surface area (Å²) in [6, 6.07) is 1.77. The lowest BCUT2D eigenvalue weighted by Gasteiger charge is -2.21. The van der Waals surface area contributed by atoms with Gasteiger partial charge in [-0.25, -0.2) is 4.39 Å². The Labute approximate surface area is 128 Å². The van der Waals surface area contributed by atoms with Crippen LogP contribution >= 0.6 is 15.9 Å². The number of halogens is 5. The van der Waals surface area contributed by atoms with Crippen molar-refractivity contribution in [2.24, 2.45) is 0 Å². The topological polar surface area (TPSA) is 29.5 Å². The van der Waals surface area contributed by atoms with Crippen LogP contribution in [0.3, 0.4) is 0 Å². The summed E-state index contributed by atoms with van der Waals surface area (Å²) >= 11 is 3.25. The summed E-state index contributed by atoms with van der Waals surface area (Å²) in [4.78, 5) is 13.0. The molecule has 0 saturated heterocycles. The maximum absolute atomic E-state index is 13.6. The van der Waals surface area contributed by atoms with Crippen LogP contribution < -0.4 is 0 Å². The lowest BCUT2D eigenvalue weighted by atomic mass is 10.1. The molecule has 0 fully saturated rings. The number of ether oxygens (including phenoxy) is 1. The van der Waals surface area contributed by atoms with Gasteiger partial charge in [0.05, 0.1) is 22.6 Å². The molecule has 1 atom stereocenters. The Morgan fingerprint density at radius 3 is 2.57 bits per heavy atom. The van der Waals surface area contributed by atoms with Gasteiger partial charge >= 0.3 is 6.18 Å². The molecule has 0 bridgehead atoms. The molecule has 1 amide bonds. The molecular weight excluding hydrogens is 358 g/mol. The molecule has 1 aromatic rings. The van der Waals surface area contributed by atoms with Crippen molar-refractivity contribution in [2.75, 3.05) is 27.3 Å². The van der Waals surface area contributed by atoms with Crippen LogP contribution in [0.4, 0.5) is 17.6 Å². The minimum Gasteiger partial charge on any atom is -0.383 e. The molecule has 0 spiro atoms. The van der Waals surface area contributed by atoms with Crippen molar-refractivity contribution in [1.82, 2.24) is 4.90 Å². The van der Waals surface area contributed by atoms with Crippen LogP contribution in [-0.4, -0.2) is 42.9 Å². The zero-order valence-corrected chi connectivity index (χ0v) is 13.0. The van der Waals surface area contributed by atoms with Crippen molar-refractivity contribution in [3.63, 3.8) is 0 Å². The summed E-state index contributed by atoms with van der Waals surface area (Å²) in [5.74, 6) is -1.81. The average molecular weight is 372 g/mol. The van der Waals surface area contributed by atoms with Gasteiger partial charge in [0.15, 0.2) is 0 Å². The predicted octanol–water partition coefficient (Wildman–Crippen LogP) is 3.33. The number of hydrogen-bond donors (Lipinski definition) is 0. The SMILES string of the molecule is COCC(Br)CN(C)C(=O)c1cc(C(F)(F)F)ccc1F. The van der Waals surface area contributed by atoms with Gasteiger partial charge < -0.3 is 9.64 Å². The molecule has 1 unspecified atom stereocenters. The van der Waals surface area contributed by atoms with E-state index >= 15 is 0 Å². The van der Waals surface area contributed by atoms with E-state index in [1.807, 2.05) is 0 Å². The van der Waals surface area contributed by atoms with Gasteiger partial charge in [-0.15, -0.1) is 0 Å². The van der Waals surface area contributed by atoms with Crippen LogP contribution in [0, 0.1) is 5.82 Å². The minimum absolute atomic E-state index is 0.169. The third-order valence-corrected chi connectivity index (χ3v) is 3.24. The molecule has 0 aromatic heterocycles. The van der Waals surface area contributed by atoms with E-state index in [9.17, 15) is 22.4 Å². The van der Waals surface area contributed by atoms with Crippen LogP contribution in [0.2, 0.25) is 0 Å². The quantitative estimate of drug-likeness (QED) is 0.586. The van der Waals surface area contributed by atoms with Crippen LogP contribution in [0.25, 0.3) is 0 Å². The van der Waals surface area contributed by atoms with E-state index in [4.69, 9.17) is 4.74 Å². The van der Waals surface area contributed by atoms with Gasteiger partial charge in [0.2, 0.25) is 0 Å². The summed E-state index contributed by atoms with van der Waals surface area (Å²) in [7, 11) is 2.86. The highest BCUT2D eigenvalue weighted by atomic mass is 79.9. The summed E-state index contributed by atoms with van der Waals surface area (Å²) in [6.45, 7) is 0.477. The van der Waals surface area contributed by atoms with E-state index in [2.05, 4.69) is 15.9 Å². The fourth-order valence-electron chi connectivity index (χ4n) is 1.68. The standard InChI is InChI=1S/C13H14BrF4NO2/c1-19(6-9(14)7-21-2)12(20)10-5-8(13(16,17)18)3-4-11(10)15/h3-5,9H,6-7H2,1-2H3. The number of benzene rings is 1. The number of amides is 1. The second-order valence-corrected chi connectivity index (χ2v) is 5.73. The first-order chi connectivity index (χ1) is 9.66. The second kappa shape index (κ2) is 7.22. The number of nitrogens with zero attached hydrogens (tertiary/aromatic N) is 1. The molecule has 0 heterocycles. The van der Waals surface area contributed by atoms with Gasteiger partial charge in [-0.3, -0.25) is 4.79 Å². The fraction of sp³-hybridized carbons (Fsp3) is 0.462. The smallest absolute Gasteiger partial charge is 0.383 e. The molecule has 0 aliphatic carbocycles.